The number of nitrogens with one attached hydrogen (secondary N) is 1. The second-order valence-electron chi connectivity index (χ2n) is 5.81. The minimum absolute atomic E-state index is 0.151. The summed E-state index contributed by atoms with van der Waals surface area (Å²) in [5.74, 6) is 0.174. The van der Waals surface area contributed by atoms with Crippen molar-refractivity contribution in [1.82, 2.24) is 4.90 Å². The second-order valence-corrected chi connectivity index (χ2v) is 7.22. The molecule has 1 fully saturated rings. The molecule has 2 atom stereocenters. The van der Waals surface area contributed by atoms with Crippen molar-refractivity contribution < 1.29 is 23.9 Å². The number of carbonyl (C=O) groups is 3. The molecule has 134 valence electrons. The van der Waals surface area contributed by atoms with Crippen molar-refractivity contribution in [2.75, 3.05) is 18.7 Å². The lowest BCUT2D eigenvalue weighted by Crippen LogP contribution is -2.53. The van der Waals surface area contributed by atoms with Gasteiger partial charge in [0.15, 0.2) is 11.5 Å². The van der Waals surface area contributed by atoms with Crippen LogP contribution < -0.4 is 14.8 Å². The van der Waals surface area contributed by atoms with Gasteiger partial charge in [-0.3, -0.25) is 19.3 Å². The van der Waals surface area contributed by atoms with E-state index in [1.54, 1.807) is 18.2 Å². The molecule has 0 radical (unpaired) electrons. The highest BCUT2D eigenvalue weighted by atomic mass is 32.2. The van der Waals surface area contributed by atoms with E-state index < -0.39 is 5.91 Å². The number of ether oxygens (including phenoxy) is 2. The van der Waals surface area contributed by atoms with Crippen molar-refractivity contribution in [3.63, 3.8) is 0 Å². The Bertz CT molecular complexity index is 686. The van der Waals surface area contributed by atoms with Crippen LogP contribution in [0.15, 0.2) is 18.2 Å². The molecule has 1 aromatic carbocycles. The zero-order valence-corrected chi connectivity index (χ0v) is 14.9. The Balaban J connectivity index is 1.68. The number of carbonyl (C=O) groups excluding carboxylic acids is 3. The van der Waals surface area contributed by atoms with Gasteiger partial charge in [-0.15, -0.1) is 11.8 Å². The normalized spacial score (nSPS) is 22.2. The standard InChI is InChI=1S/C17H20N2O5S/c1-3-13-16(21)19(17(22)14(4-2)25-13)8-15(20)18-10-5-6-11-12(7-10)24-9-23-11/h5-7,13-14H,3-4,8-9H2,1-2H3,(H,18,20)/t13-,14-/m0/s1. The van der Waals surface area contributed by atoms with Crippen LogP contribution in [0.5, 0.6) is 11.5 Å². The van der Waals surface area contributed by atoms with E-state index in [0.29, 0.717) is 30.0 Å². The Morgan fingerprint density at radius 2 is 1.80 bits per heavy atom. The summed E-state index contributed by atoms with van der Waals surface area (Å²) in [5.41, 5.74) is 0.527. The summed E-state index contributed by atoms with van der Waals surface area (Å²) in [5, 5.41) is 2.14. The number of benzene rings is 1. The average Bonchev–Trinajstić information content (AvgIpc) is 3.06. The van der Waals surface area contributed by atoms with Gasteiger partial charge in [0.1, 0.15) is 6.54 Å². The van der Waals surface area contributed by atoms with E-state index in [1.165, 1.54) is 11.8 Å². The Morgan fingerprint density at radius 1 is 1.16 bits per heavy atom. The van der Waals surface area contributed by atoms with Gasteiger partial charge in [-0.2, -0.15) is 0 Å². The van der Waals surface area contributed by atoms with Gasteiger partial charge in [-0.1, -0.05) is 13.8 Å². The molecule has 2 heterocycles. The molecule has 0 aliphatic carbocycles. The third-order valence-electron chi connectivity index (χ3n) is 4.11. The number of anilines is 1. The molecule has 1 saturated heterocycles. The van der Waals surface area contributed by atoms with Crippen molar-refractivity contribution in [2.45, 2.75) is 37.2 Å². The Labute approximate surface area is 150 Å². The predicted molar refractivity (Wildman–Crippen MR) is 93.7 cm³/mol. The third-order valence-corrected chi connectivity index (χ3v) is 5.84. The van der Waals surface area contributed by atoms with Gasteiger partial charge in [0.05, 0.1) is 10.5 Å². The summed E-state index contributed by atoms with van der Waals surface area (Å²) in [6, 6.07) is 5.04. The Hall–Kier alpha value is -2.22. The largest absolute Gasteiger partial charge is 0.454 e. The number of rotatable bonds is 5. The molecule has 0 spiro atoms. The molecule has 1 aromatic rings. The van der Waals surface area contributed by atoms with Crippen LogP contribution in [0.1, 0.15) is 26.7 Å². The molecule has 0 aromatic heterocycles. The summed E-state index contributed by atoms with van der Waals surface area (Å²) in [6.07, 6.45) is 1.27. The lowest BCUT2D eigenvalue weighted by molar-refractivity contribution is -0.147. The molecule has 1 N–H and O–H groups in total. The summed E-state index contributed by atoms with van der Waals surface area (Å²) >= 11 is 1.39. The van der Waals surface area contributed by atoms with Crippen LogP contribution in [0.25, 0.3) is 0 Å². The lowest BCUT2D eigenvalue weighted by Gasteiger charge is -2.34. The van der Waals surface area contributed by atoms with Gasteiger partial charge in [0, 0.05) is 11.8 Å². The van der Waals surface area contributed by atoms with Crippen LogP contribution in [0.3, 0.4) is 0 Å². The van der Waals surface area contributed by atoms with Gasteiger partial charge in [0.2, 0.25) is 24.5 Å². The van der Waals surface area contributed by atoms with E-state index in [-0.39, 0.29) is 35.7 Å². The van der Waals surface area contributed by atoms with E-state index in [4.69, 9.17) is 9.47 Å². The molecule has 3 rings (SSSR count). The minimum atomic E-state index is -0.419. The molecular formula is C17H20N2O5S. The van der Waals surface area contributed by atoms with Crippen LogP contribution in [0.4, 0.5) is 5.69 Å². The van der Waals surface area contributed by atoms with Crippen LogP contribution >= 0.6 is 11.8 Å². The summed E-state index contributed by atoms with van der Waals surface area (Å²) in [4.78, 5) is 38.3. The van der Waals surface area contributed by atoms with Crippen LogP contribution in [-0.4, -0.2) is 46.5 Å². The molecular weight excluding hydrogens is 344 g/mol. The number of hydrogen-bond acceptors (Lipinski definition) is 6. The maximum absolute atomic E-state index is 12.4. The van der Waals surface area contributed by atoms with Crippen molar-refractivity contribution >= 4 is 35.2 Å². The second kappa shape index (κ2) is 7.35. The molecule has 0 bridgehead atoms. The average molecular weight is 364 g/mol. The predicted octanol–water partition coefficient (Wildman–Crippen LogP) is 2.01. The lowest BCUT2D eigenvalue weighted by atomic mass is 10.2. The number of fused-ring (bicyclic) bond motifs is 1. The van der Waals surface area contributed by atoms with Crippen molar-refractivity contribution in [1.29, 1.82) is 0 Å². The molecule has 3 amide bonds. The van der Waals surface area contributed by atoms with E-state index in [2.05, 4.69) is 5.32 Å². The molecule has 0 saturated carbocycles. The first-order valence-electron chi connectivity index (χ1n) is 8.23. The first-order chi connectivity index (χ1) is 12.0. The van der Waals surface area contributed by atoms with Crippen LogP contribution in [-0.2, 0) is 14.4 Å². The number of nitrogens with zero attached hydrogens (tertiary/aromatic N) is 1. The Morgan fingerprint density at radius 3 is 2.44 bits per heavy atom. The maximum atomic E-state index is 12.4. The summed E-state index contributed by atoms with van der Waals surface area (Å²) in [6.45, 7) is 3.68. The summed E-state index contributed by atoms with van der Waals surface area (Å²) < 4.78 is 10.5. The van der Waals surface area contributed by atoms with Crippen LogP contribution in [0, 0.1) is 0 Å². The van der Waals surface area contributed by atoms with E-state index in [1.807, 2.05) is 13.8 Å². The third kappa shape index (κ3) is 3.58. The molecule has 0 unspecified atom stereocenters. The SMILES string of the molecule is CC[C@@H]1S[C@@H](CC)C(=O)N(CC(=O)Nc2ccc3c(c2)OCO3)C1=O. The molecule has 8 heteroatoms. The van der Waals surface area contributed by atoms with Crippen molar-refractivity contribution in [3.05, 3.63) is 18.2 Å². The highest BCUT2D eigenvalue weighted by Crippen LogP contribution is 2.34. The Kier molecular flexibility index (Phi) is 5.17. The smallest absolute Gasteiger partial charge is 0.244 e. The molecule has 2 aliphatic rings. The molecule has 2 aliphatic heterocycles. The van der Waals surface area contributed by atoms with Crippen LogP contribution in [0.2, 0.25) is 0 Å². The number of amides is 3. The highest BCUT2D eigenvalue weighted by Gasteiger charge is 2.40. The zero-order chi connectivity index (χ0) is 18.0. The fourth-order valence-electron chi connectivity index (χ4n) is 2.79. The van der Waals surface area contributed by atoms with E-state index in [0.717, 1.165) is 4.90 Å². The fourth-order valence-corrected chi connectivity index (χ4v) is 4.06. The van der Waals surface area contributed by atoms with Gasteiger partial charge in [-0.05, 0) is 25.0 Å². The van der Waals surface area contributed by atoms with Crippen molar-refractivity contribution in [2.24, 2.45) is 0 Å². The quantitative estimate of drug-likeness (QED) is 0.805. The number of thioether (sulfide) groups is 1. The highest BCUT2D eigenvalue weighted by molar-refractivity contribution is 8.02. The van der Waals surface area contributed by atoms with Crippen molar-refractivity contribution in [3.8, 4) is 11.5 Å². The van der Waals surface area contributed by atoms with Gasteiger partial charge >= 0.3 is 0 Å². The monoisotopic (exact) mass is 364 g/mol. The first-order valence-corrected chi connectivity index (χ1v) is 9.18. The molecule has 7 nitrogen and oxygen atoms in total. The number of imide groups is 1. The van der Waals surface area contributed by atoms with E-state index in [9.17, 15) is 14.4 Å². The maximum Gasteiger partial charge on any atom is 0.244 e. The fraction of sp³-hybridized carbons (Fsp3) is 0.471. The van der Waals surface area contributed by atoms with Gasteiger partial charge in [-0.25, -0.2) is 0 Å². The number of hydrogen-bond donors (Lipinski definition) is 1. The van der Waals surface area contributed by atoms with Gasteiger partial charge in [0.25, 0.3) is 0 Å². The first kappa shape index (κ1) is 17.6. The zero-order valence-electron chi connectivity index (χ0n) is 14.1. The van der Waals surface area contributed by atoms with Gasteiger partial charge < -0.3 is 14.8 Å². The van der Waals surface area contributed by atoms with E-state index >= 15 is 0 Å². The molecule has 25 heavy (non-hydrogen) atoms. The topological polar surface area (TPSA) is 84.9 Å². The minimum Gasteiger partial charge on any atom is -0.454 e. The summed E-state index contributed by atoms with van der Waals surface area (Å²) in [7, 11) is 0.